The molecule has 1 aliphatic rings. The van der Waals surface area contributed by atoms with E-state index in [0.717, 1.165) is 24.7 Å². The van der Waals surface area contributed by atoms with Crippen molar-refractivity contribution in [3.05, 3.63) is 34.0 Å². The zero-order valence-electron chi connectivity index (χ0n) is 12.2. The maximum Gasteiger partial charge on any atom is 0.147 e. The van der Waals surface area contributed by atoms with Crippen LogP contribution in [0.5, 0.6) is 0 Å². The molecule has 1 fully saturated rings. The quantitative estimate of drug-likeness (QED) is 0.849. The molecular weight excluding hydrogens is 268 g/mol. The van der Waals surface area contributed by atoms with Gasteiger partial charge < -0.3 is 0 Å². The van der Waals surface area contributed by atoms with Crippen LogP contribution >= 0.6 is 11.3 Å². The lowest BCUT2D eigenvalue weighted by molar-refractivity contribution is 0.228. The van der Waals surface area contributed by atoms with Crippen LogP contribution in [0.25, 0.3) is 0 Å². The van der Waals surface area contributed by atoms with E-state index in [1.165, 1.54) is 30.7 Å². The molecule has 5 heteroatoms. The molecule has 0 amide bonds. The Hall–Kier alpha value is -1.20. The van der Waals surface area contributed by atoms with Crippen LogP contribution in [0.15, 0.2) is 17.5 Å². The molecule has 0 N–H and O–H groups in total. The number of nitrogens with zero attached hydrogens (tertiary/aromatic N) is 4. The van der Waals surface area contributed by atoms with Gasteiger partial charge in [-0.3, -0.25) is 4.90 Å². The minimum absolute atomic E-state index is 0.620. The predicted octanol–water partition coefficient (Wildman–Crippen LogP) is 2.66. The summed E-state index contributed by atoms with van der Waals surface area (Å²) in [4.78, 5) is 8.51. The van der Waals surface area contributed by atoms with Crippen molar-refractivity contribution in [3.63, 3.8) is 0 Å². The second-order valence-electron chi connectivity index (χ2n) is 5.55. The van der Waals surface area contributed by atoms with Crippen molar-refractivity contribution in [2.24, 2.45) is 0 Å². The van der Waals surface area contributed by atoms with E-state index in [1.54, 1.807) is 0 Å². The van der Waals surface area contributed by atoms with Gasteiger partial charge in [0, 0.05) is 17.5 Å². The number of aromatic nitrogens is 3. The van der Waals surface area contributed by atoms with E-state index in [2.05, 4.69) is 37.2 Å². The highest BCUT2D eigenvalue weighted by Crippen LogP contribution is 2.20. The molecule has 4 nitrogen and oxygen atoms in total. The van der Waals surface area contributed by atoms with Gasteiger partial charge in [-0.15, -0.1) is 11.3 Å². The fraction of sp³-hybridized carbons (Fsp3) is 0.600. The van der Waals surface area contributed by atoms with E-state index in [0.29, 0.717) is 6.04 Å². The van der Waals surface area contributed by atoms with E-state index in [-0.39, 0.29) is 0 Å². The van der Waals surface area contributed by atoms with Gasteiger partial charge in [-0.25, -0.2) is 9.67 Å². The minimum atomic E-state index is 0.620. The number of likely N-dealkylation sites (tertiary alicyclic amines) is 1. The first-order chi connectivity index (χ1) is 9.72. The molecular formula is C15H22N4S. The van der Waals surface area contributed by atoms with Gasteiger partial charge in [0.25, 0.3) is 0 Å². The second-order valence-corrected chi connectivity index (χ2v) is 6.58. The highest BCUT2D eigenvalue weighted by molar-refractivity contribution is 7.09. The van der Waals surface area contributed by atoms with Crippen molar-refractivity contribution < 1.29 is 0 Å². The summed E-state index contributed by atoms with van der Waals surface area (Å²) in [5.74, 6) is 1.92. The molecule has 0 radical (unpaired) electrons. The number of aryl methyl sites for hydroxylation is 2. The Morgan fingerprint density at radius 3 is 3.00 bits per heavy atom. The zero-order valence-corrected chi connectivity index (χ0v) is 13.1. The van der Waals surface area contributed by atoms with Crippen molar-refractivity contribution in [2.75, 3.05) is 13.1 Å². The largest absolute Gasteiger partial charge is 0.298 e. The third-order valence-electron chi connectivity index (χ3n) is 4.07. The molecule has 0 unspecified atom stereocenters. The van der Waals surface area contributed by atoms with Gasteiger partial charge in [0.15, 0.2) is 0 Å². The number of hydrogen-bond acceptors (Lipinski definition) is 4. The Balaban J connectivity index is 1.59. The van der Waals surface area contributed by atoms with Gasteiger partial charge in [-0.2, -0.15) is 5.10 Å². The second kappa shape index (κ2) is 6.06. The Kier molecular flexibility index (Phi) is 4.17. The summed E-state index contributed by atoms with van der Waals surface area (Å²) >= 11 is 1.86. The summed E-state index contributed by atoms with van der Waals surface area (Å²) in [5.41, 5.74) is 0. The first-order valence-electron chi connectivity index (χ1n) is 7.37. The van der Waals surface area contributed by atoms with Crippen molar-refractivity contribution in [1.82, 2.24) is 19.7 Å². The van der Waals surface area contributed by atoms with Crippen LogP contribution < -0.4 is 0 Å². The molecule has 3 rings (SSSR count). The molecule has 2 aromatic rings. The maximum absolute atomic E-state index is 4.50. The topological polar surface area (TPSA) is 34.0 Å². The normalized spacial score (nSPS) is 19.8. The molecule has 0 aromatic carbocycles. The summed E-state index contributed by atoms with van der Waals surface area (Å²) < 4.78 is 2.07. The van der Waals surface area contributed by atoms with Gasteiger partial charge in [-0.1, -0.05) is 6.07 Å². The Bertz CT molecular complexity index is 546. The first kappa shape index (κ1) is 13.8. The highest BCUT2D eigenvalue weighted by atomic mass is 32.1. The molecule has 0 saturated carbocycles. The molecule has 0 spiro atoms. The molecule has 2 aromatic heterocycles. The average Bonchev–Trinajstić information content (AvgIpc) is 3.11. The molecule has 0 bridgehead atoms. The third-order valence-corrected chi connectivity index (χ3v) is 5.01. The van der Waals surface area contributed by atoms with Gasteiger partial charge in [0.1, 0.15) is 11.6 Å². The van der Waals surface area contributed by atoms with E-state index in [4.69, 9.17) is 0 Å². The zero-order chi connectivity index (χ0) is 13.9. The summed E-state index contributed by atoms with van der Waals surface area (Å²) in [6.45, 7) is 7.38. The molecule has 1 atom stereocenters. The van der Waals surface area contributed by atoms with Gasteiger partial charge in [-0.05, 0) is 51.1 Å². The van der Waals surface area contributed by atoms with Crippen LogP contribution in [0.3, 0.4) is 0 Å². The number of rotatable bonds is 5. The molecule has 3 heterocycles. The van der Waals surface area contributed by atoms with Crippen molar-refractivity contribution in [2.45, 2.75) is 45.7 Å². The van der Waals surface area contributed by atoms with E-state index < -0.39 is 0 Å². The van der Waals surface area contributed by atoms with E-state index in [9.17, 15) is 0 Å². The van der Waals surface area contributed by atoms with Crippen LogP contribution in [0, 0.1) is 13.8 Å². The van der Waals surface area contributed by atoms with Crippen LogP contribution in [-0.2, 0) is 13.0 Å². The molecule has 0 aliphatic carbocycles. The summed E-state index contributed by atoms with van der Waals surface area (Å²) in [7, 11) is 0. The first-order valence-corrected chi connectivity index (χ1v) is 8.25. The van der Waals surface area contributed by atoms with E-state index in [1.807, 2.05) is 25.2 Å². The SMILES string of the molecule is Cc1nc(C)n(C[C@@H]2CCCN2CCc2cccs2)n1. The number of thiophene rings is 1. The third kappa shape index (κ3) is 3.10. The fourth-order valence-electron chi connectivity index (χ4n) is 3.04. The van der Waals surface area contributed by atoms with Crippen LogP contribution in [-0.4, -0.2) is 38.8 Å². The Morgan fingerprint density at radius 1 is 1.40 bits per heavy atom. The number of hydrogen-bond donors (Lipinski definition) is 0. The summed E-state index contributed by atoms with van der Waals surface area (Å²) in [6, 6.07) is 5.00. The van der Waals surface area contributed by atoms with Crippen LogP contribution in [0.1, 0.15) is 29.4 Å². The summed E-state index contributed by atoms with van der Waals surface area (Å²) in [5, 5.41) is 6.66. The Morgan fingerprint density at radius 2 is 2.30 bits per heavy atom. The molecule has 20 heavy (non-hydrogen) atoms. The fourth-order valence-corrected chi connectivity index (χ4v) is 3.74. The minimum Gasteiger partial charge on any atom is -0.298 e. The Labute approximate surface area is 124 Å². The maximum atomic E-state index is 4.50. The van der Waals surface area contributed by atoms with Crippen molar-refractivity contribution in [1.29, 1.82) is 0 Å². The average molecular weight is 290 g/mol. The van der Waals surface area contributed by atoms with Crippen molar-refractivity contribution >= 4 is 11.3 Å². The van der Waals surface area contributed by atoms with Gasteiger partial charge in [0.05, 0.1) is 6.54 Å². The van der Waals surface area contributed by atoms with Gasteiger partial charge in [0.2, 0.25) is 0 Å². The van der Waals surface area contributed by atoms with Gasteiger partial charge >= 0.3 is 0 Å². The molecule has 1 aliphatic heterocycles. The lowest BCUT2D eigenvalue weighted by Gasteiger charge is -2.24. The van der Waals surface area contributed by atoms with Crippen molar-refractivity contribution in [3.8, 4) is 0 Å². The lowest BCUT2D eigenvalue weighted by Crippen LogP contribution is -2.35. The van der Waals surface area contributed by atoms with Crippen LogP contribution in [0.4, 0.5) is 0 Å². The molecule has 108 valence electrons. The predicted molar refractivity (Wildman–Crippen MR) is 82.1 cm³/mol. The monoisotopic (exact) mass is 290 g/mol. The highest BCUT2D eigenvalue weighted by Gasteiger charge is 2.25. The summed E-state index contributed by atoms with van der Waals surface area (Å²) in [6.07, 6.45) is 3.76. The van der Waals surface area contributed by atoms with E-state index >= 15 is 0 Å². The standard InChI is InChI=1S/C15H22N4S/c1-12-16-13(2)19(17-12)11-14-5-3-8-18(14)9-7-15-6-4-10-20-15/h4,6,10,14H,3,5,7-9,11H2,1-2H3/t14-/m0/s1. The smallest absolute Gasteiger partial charge is 0.147 e. The van der Waals surface area contributed by atoms with Crippen LogP contribution in [0.2, 0.25) is 0 Å². The lowest BCUT2D eigenvalue weighted by atomic mass is 10.2. The molecule has 1 saturated heterocycles.